The highest BCUT2D eigenvalue weighted by Gasteiger charge is 2.36. The van der Waals surface area contributed by atoms with Crippen molar-refractivity contribution in [2.75, 3.05) is 40.4 Å². The molecule has 0 fully saturated rings. The van der Waals surface area contributed by atoms with Gasteiger partial charge in [0.2, 0.25) is 0 Å². The number of aliphatic hydroxyl groups is 2. The van der Waals surface area contributed by atoms with Crippen molar-refractivity contribution < 1.29 is 24.9 Å². The Balaban J connectivity index is 1.38. The fourth-order valence-electron chi connectivity index (χ4n) is 6.67. The molecule has 0 saturated heterocycles. The Morgan fingerprint density at radius 3 is 1.98 bits per heavy atom. The molecule has 5 N–H and O–H groups in total. The molecule has 0 aromatic heterocycles. The van der Waals surface area contributed by atoms with Crippen LogP contribution in [-0.4, -0.2) is 89.0 Å². The predicted molar refractivity (Wildman–Crippen MR) is 172 cm³/mol. The van der Waals surface area contributed by atoms with Crippen LogP contribution in [0.15, 0.2) is 65.8 Å². The molecular formula is C34H43ClN4O5. The second-order valence-electron chi connectivity index (χ2n) is 11.7. The van der Waals surface area contributed by atoms with E-state index < -0.39 is 23.5 Å². The number of fused-ring (bicyclic) bond motifs is 2. The number of ether oxygens (including phenoxy) is 2. The molecule has 44 heavy (non-hydrogen) atoms. The van der Waals surface area contributed by atoms with Gasteiger partial charge in [0.25, 0.3) is 0 Å². The summed E-state index contributed by atoms with van der Waals surface area (Å²) in [5, 5.41) is 35.0. The van der Waals surface area contributed by atoms with Crippen LogP contribution >= 0.6 is 11.6 Å². The molecule has 0 bridgehead atoms. The molecule has 2 aliphatic rings. The SMILES string of the molecule is COc1ccc(C(C(N)=NO)C(Cl)C(O)CN2CCc3ccccc3C2)c(CC(O)CN2CCc3ccccc3C2)c1OC. The first-order valence-electron chi connectivity index (χ1n) is 15.1. The van der Waals surface area contributed by atoms with Gasteiger partial charge in [-0.05, 0) is 46.7 Å². The highest BCUT2D eigenvalue weighted by molar-refractivity contribution is 6.23. The highest BCUT2D eigenvalue weighted by atomic mass is 35.5. The van der Waals surface area contributed by atoms with Crippen LogP contribution in [0.2, 0.25) is 0 Å². The van der Waals surface area contributed by atoms with E-state index in [-0.39, 0.29) is 12.3 Å². The van der Waals surface area contributed by atoms with Crippen LogP contribution in [0.4, 0.5) is 0 Å². The topological polar surface area (TPSA) is 124 Å². The van der Waals surface area contributed by atoms with Crippen LogP contribution < -0.4 is 15.2 Å². The monoisotopic (exact) mass is 622 g/mol. The lowest BCUT2D eigenvalue weighted by molar-refractivity contribution is 0.0987. The van der Waals surface area contributed by atoms with Crippen molar-refractivity contribution in [3.63, 3.8) is 0 Å². The molecule has 5 rings (SSSR count). The van der Waals surface area contributed by atoms with Crippen LogP contribution in [0.25, 0.3) is 0 Å². The van der Waals surface area contributed by atoms with Gasteiger partial charge in [-0.25, -0.2) is 0 Å². The summed E-state index contributed by atoms with van der Waals surface area (Å²) in [6, 6.07) is 20.2. The zero-order valence-corrected chi connectivity index (χ0v) is 26.2. The van der Waals surface area contributed by atoms with E-state index >= 15 is 0 Å². The molecule has 4 atom stereocenters. The van der Waals surface area contributed by atoms with Gasteiger partial charge in [0.1, 0.15) is 5.84 Å². The van der Waals surface area contributed by atoms with Crippen molar-refractivity contribution in [1.82, 2.24) is 9.80 Å². The van der Waals surface area contributed by atoms with E-state index in [1.165, 1.54) is 22.3 Å². The van der Waals surface area contributed by atoms with E-state index in [0.717, 1.165) is 32.5 Å². The summed E-state index contributed by atoms with van der Waals surface area (Å²) < 4.78 is 11.4. The molecule has 0 saturated carbocycles. The number of aliphatic hydroxyl groups excluding tert-OH is 2. The molecule has 0 amide bonds. The lowest BCUT2D eigenvalue weighted by Gasteiger charge is -2.34. The van der Waals surface area contributed by atoms with Crippen LogP contribution in [0.5, 0.6) is 11.5 Å². The first kappa shape index (κ1) is 32.1. The number of oxime groups is 1. The third-order valence-electron chi connectivity index (χ3n) is 8.91. The molecule has 4 unspecified atom stereocenters. The van der Waals surface area contributed by atoms with E-state index in [9.17, 15) is 15.4 Å². The molecule has 3 aromatic carbocycles. The van der Waals surface area contributed by atoms with E-state index in [2.05, 4.69) is 45.3 Å². The number of benzene rings is 3. The maximum Gasteiger partial charge on any atom is 0.164 e. The maximum absolute atomic E-state index is 11.4. The Kier molecular flexibility index (Phi) is 10.7. The molecule has 0 spiro atoms. The Morgan fingerprint density at radius 1 is 0.864 bits per heavy atom. The van der Waals surface area contributed by atoms with E-state index in [4.69, 9.17) is 26.8 Å². The molecule has 2 aliphatic heterocycles. The summed E-state index contributed by atoms with van der Waals surface area (Å²) in [5.41, 5.74) is 12.7. The number of halogens is 1. The number of methoxy groups -OCH3 is 2. The van der Waals surface area contributed by atoms with Gasteiger partial charge in [-0.2, -0.15) is 0 Å². The van der Waals surface area contributed by atoms with Gasteiger partial charge >= 0.3 is 0 Å². The third-order valence-corrected chi connectivity index (χ3v) is 9.46. The number of nitrogens with two attached hydrogens (primary N) is 1. The molecule has 0 radical (unpaired) electrons. The Hall–Kier alpha value is -3.34. The van der Waals surface area contributed by atoms with Gasteiger partial charge in [0.15, 0.2) is 11.5 Å². The average molecular weight is 623 g/mol. The summed E-state index contributed by atoms with van der Waals surface area (Å²) in [4.78, 5) is 4.41. The fraction of sp³-hybridized carbons (Fsp3) is 0.441. The van der Waals surface area contributed by atoms with Gasteiger partial charge in [-0.1, -0.05) is 59.8 Å². The van der Waals surface area contributed by atoms with Crippen molar-refractivity contribution in [3.8, 4) is 11.5 Å². The van der Waals surface area contributed by atoms with Gasteiger partial charge in [-0.3, -0.25) is 9.80 Å². The van der Waals surface area contributed by atoms with Crippen molar-refractivity contribution in [2.24, 2.45) is 10.9 Å². The number of hydrogen-bond donors (Lipinski definition) is 4. The minimum absolute atomic E-state index is 0.136. The molecule has 236 valence electrons. The van der Waals surface area contributed by atoms with Gasteiger partial charge < -0.3 is 30.6 Å². The molecule has 2 heterocycles. The van der Waals surface area contributed by atoms with Crippen molar-refractivity contribution in [3.05, 3.63) is 94.0 Å². The summed E-state index contributed by atoms with van der Waals surface area (Å²) in [6.45, 7) is 3.88. The normalized spacial score (nSPS) is 18.5. The molecule has 10 heteroatoms. The smallest absolute Gasteiger partial charge is 0.164 e. The lowest BCUT2D eigenvalue weighted by atomic mass is 9.85. The van der Waals surface area contributed by atoms with Crippen LogP contribution in [0.3, 0.4) is 0 Å². The first-order chi connectivity index (χ1) is 21.3. The minimum Gasteiger partial charge on any atom is -0.493 e. The first-order valence-corrected chi connectivity index (χ1v) is 15.6. The number of hydrogen-bond acceptors (Lipinski definition) is 8. The Bertz CT molecular complexity index is 1450. The molecule has 0 aliphatic carbocycles. The van der Waals surface area contributed by atoms with Crippen molar-refractivity contribution in [1.29, 1.82) is 0 Å². The zero-order chi connectivity index (χ0) is 31.2. The van der Waals surface area contributed by atoms with Gasteiger partial charge in [0, 0.05) is 51.3 Å². The number of amidine groups is 1. The Labute approximate surface area is 264 Å². The summed E-state index contributed by atoms with van der Waals surface area (Å²) in [5.74, 6) is -0.0710. The van der Waals surface area contributed by atoms with Crippen molar-refractivity contribution >= 4 is 17.4 Å². The Morgan fingerprint density at radius 2 is 1.43 bits per heavy atom. The predicted octanol–water partition coefficient (Wildman–Crippen LogP) is 3.52. The number of alkyl halides is 1. The second kappa shape index (κ2) is 14.6. The number of rotatable bonds is 12. The van der Waals surface area contributed by atoms with Gasteiger partial charge in [0.05, 0.1) is 37.7 Å². The summed E-state index contributed by atoms with van der Waals surface area (Å²) >= 11 is 7.01. The van der Waals surface area contributed by atoms with Crippen LogP contribution in [-0.2, 0) is 32.4 Å². The zero-order valence-electron chi connectivity index (χ0n) is 25.4. The van der Waals surface area contributed by atoms with Crippen molar-refractivity contribution in [2.45, 2.75) is 55.9 Å². The quantitative estimate of drug-likeness (QED) is 0.0796. The summed E-state index contributed by atoms with van der Waals surface area (Å²) in [6.07, 6.45) is 0.286. The maximum atomic E-state index is 11.4. The largest absolute Gasteiger partial charge is 0.493 e. The average Bonchev–Trinajstić information content (AvgIpc) is 3.04. The van der Waals surface area contributed by atoms with Crippen LogP contribution in [0, 0.1) is 0 Å². The van der Waals surface area contributed by atoms with E-state index in [1.807, 2.05) is 18.2 Å². The molecular weight excluding hydrogens is 580 g/mol. The number of β-amino-alcohol motifs (C(OH)–C–C–N with tert-alkyl or cyclic N) is 2. The van der Waals surface area contributed by atoms with E-state index in [0.29, 0.717) is 42.3 Å². The second-order valence-corrected chi connectivity index (χ2v) is 12.3. The van der Waals surface area contributed by atoms with E-state index in [1.54, 1.807) is 26.4 Å². The highest BCUT2D eigenvalue weighted by Crippen LogP contribution is 2.40. The summed E-state index contributed by atoms with van der Waals surface area (Å²) in [7, 11) is 3.09. The van der Waals surface area contributed by atoms with Crippen LogP contribution in [0.1, 0.15) is 39.3 Å². The molecule has 3 aromatic rings. The van der Waals surface area contributed by atoms with Gasteiger partial charge in [-0.15, -0.1) is 11.6 Å². The third kappa shape index (κ3) is 7.14. The minimum atomic E-state index is -0.994. The lowest BCUT2D eigenvalue weighted by Crippen LogP contribution is -2.44. The molecule has 9 nitrogen and oxygen atoms in total. The standard InChI is InChI=1S/C34H43ClN4O5/c1-43-30-12-11-27(28(33(30)44-2)17-26(40)20-38-15-13-22-7-3-5-9-24(22)18-38)31(34(36)37-42)32(35)29(41)21-39-16-14-23-8-4-6-10-25(23)19-39/h3-12,26,29,31-32,40-42H,13-21H2,1-2H3,(H2,36,37). The number of nitrogens with zero attached hydrogens (tertiary/aromatic N) is 3. The fourth-order valence-corrected chi connectivity index (χ4v) is 7.01.